The van der Waals surface area contributed by atoms with Gasteiger partial charge < -0.3 is 5.32 Å². The zero-order valence-corrected chi connectivity index (χ0v) is 12.3. The van der Waals surface area contributed by atoms with Gasteiger partial charge in [0.1, 0.15) is 0 Å². The number of carbonyl (C=O) groups is 1. The zero-order chi connectivity index (χ0) is 15.6. The molecule has 0 bridgehead atoms. The van der Waals surface area contributed by atoms with Gasteiger partial charge in [-0.1, -0.05) is 11.6 Å². The summed E-state index contributed by atoms with van der Waals surface area (Å²) < 4.78 is 1.22. The van der Waals surface area contributed by atoms with Crippen LogP contribution in [0.25, 0.3) is 5.65 Å². The molecule has 0 unspecified atom stereocenters. The molecule has 0 atom stereocenters. The van der Waals surface area contributed by atoms with Gasteiger partial charge in [0.05, 0.1) is 0 Å². The Morgan fingerprint density at radius 2 is 2.18 bits per heavy atom. The molecule has 0 aliphatic carbocycles. The van der Waals surface area contributed by atoms with Crippen molar-refractivity contribution in [3.63, 3.8) is 0 Å². The molecule has 9 heteroatoms. The van der Waals surface area contributed by atoms with E-state index in [1.165, 1.54) is 4.63 Å². The summed E-state index contributed by atoms with van der Waals surface area (Å²) in [4.78, 5) is 16.1. The minimum atomic E-state index is -0.416. The highest BCUT2D eigenvalue weighted by atomic mass is 35.5. The molecule has 0 aromatic carbocycles. The minimum absolute atomic E-state index is 0.0390. The second-order valence-corrected chi connectivity index (χ2v) is 5.22. The number of amides is 1. The standard InChI is InChI=1S/C13H12ClN7O/c1-2-3-6-13(19-20-13)7-8-15-12(22)11-16-10-5-4-9(14)17-21(10)18-11/h1,4-5H,3,6-8H2,(H,15,22). The molecule has 8 nitrogen and oxygen atoms in total. The number of rotatable bonds is 6. The molecule has 0 saturated carbocycles. The van der Waals surface area contributed by atoms with Crippen LogP contribution in [0.3, 0.4) is 0 Å². The molecule has 1 aliphatic heterocycles. The number of hydrogen-bond acceptors (Lipinski definition) is 6. The lowest BCUT2D eigenvalue weighted by Crippen LogP contribution is -2.29. The first-order chi connectivity index (χ1) is 10.6. The highest BCUT2D eigenvalue weighted by molar-refractivity contribution is 6.29. The largest absolute Gasteiger partial charge is 0.349 e. The van der Waals surface area contributed by atoms with Crippen molar-refractivity contribution in [1.82, 2.24) is 25.1 Å². The van der Waals surface area contributed by atoms with Crippen LogP contribution in [-0.2, 0) is 0 Å². The van der Waals surface area contributed by atoms with Gasteiger partial charge in [-0.3, -0.25) is 4.79 Å². The molecule has 2 aromatic heterocycles. The Balaban J connectivity index is 1.56. The van der Waals surface area contributed by atoms with Gasteiger partial charge in [0.25, 0.3) is 5.91 Å². The minimum Gasteiger partial charge on any atom is -0.349 e. The average molecular weight is 318 g/mol. The van der Waals surface area contributed by atoms with E-state index in [1.807, 2.05) is 0 Å². The number of nitrogens with one attached hydrogen (secondary N) is 1. The zero-order valence-electron chi connectivity index (χ0n) is 11.5. The molecule has 22 heavy (non-hydrogen) atoms. The SMILES string of the molecule is C#CCCC1(CCNC(=O)c2nc3ccc(Cl)nn3n2)N=N1. The van der Waals surface area contributed by atoms with E-state index in [9.17, 15) is 4.79 Å². The van der Waals surface area contributed by atoms with Gasteiger partial charge in [0.2, 0.25) is 5.82 Å². The summed E-state index contributed by atoms with van der Waals surface area (Å²) in [5.41, 5.74) is 0.0355. The van der Waals surface area contributed by atoms with Gasteiger partial charge in [-0.15, -0.1) is 27.2 Å². The van der Waals surface area contributed by atoms with E-state index in [1.54, 1.807) is 12.1 Å². The normalized spacial score (nSPS) is 14.7. The van der Waals surface area contributed by atoms with E-state index >= 15 is 0 Å². The fraction of sp³-hybridized carbons (Fsp3) is 0.385. The summed E-state index contributed by atoms with van der Waals surface area (Å²) >= 11 is 5.75. The van der Waals surface area contributed by atoms with Gasteiger partial charge in [-0.2, -0.15) is 10.2 Å². The van der Waals surface area contributed by atoms with Crippen molar-refractivity contribution in [2.45, 2.75) is 24.9 Å². The number of nitrogens with zero attached hydrogens (tertiary/aromatic N) is 6. The highest BCUT2D eigenvalue weighted by Crippen LogP contribution is 2.35. The van der Waals surface area contributed by atoms with Crippen LogP contribution in [0.5, 0.6) is 0 Å². The topological polar surface area (TPSA) is 96.9 Å². The van der Waals surface area contributed by atoms with Crippen LogP contribution < -0.4 is 5.32 Å². The fourth-order valence-electron chi connectivity index (χ4n) is 1.98. The summed E-state index contributed by atoms with van der Waals surface area (Å²) in [6.45, 7) is 0.417. The second-order valence-electron chi connectivity index (χ2n) is 4.83. The lowest BCUT2D eigenvalue weighted by molar-refractivity contribution is 0.0941. The Hall–Kier alpha value is -2.53. The van der Waals surface area contributed by atoms with E-state index in [-0.39, 0.29) is 16.9 Å². The quantitative estimate of drug-likeness (QED) is 0.816. The summed E-state index contributed by atoms with van der Waals surface area (Å²) in [7, 11) is 0. The van der Waals surface area contributed by atoms with Crippen molar-refractivity contribution < 1.29 is 4.79 Å². The Morgan fingerprint density at radius 1 is 1.36 bits per heavy atom. The van der Waals surface area contributed by atoms with E-state index in [2.05, 4.69) is 36.6 Å². The maximum Gasteiger partial charge on any atom is 0.291 e. The summed E-state index contributed by atoms with van der Waals surface area (Å²) in [6, 6.07) is 3.22. The van der Waals surface area contributed by atoms with Crippen LogP contribution in [0.1, 0.15) is 29.9 Å². The van der Waals surface area contributed by atoms with Gasteiger partial charge in [-0.05, 0) is 12.1 Å². The molecule has 2 aromatic rings. The van der Waals surface area contributed by atoms with Crippen molar-refractivity contribution in [3.05, 3.63) is 23.1 Å². The van der Waals surface area contributed by atoms with Gasteiger partial charge in [-0.25, -0.2) is 4.98 Å². The molecular formula is C13H12ClN7O. The molecular weight excluding hydrogens is 306 g/mol. The molecule has 0 saturated heterocycles. The Labute approximate surface area is 131 Å². The van der Waals surface area contributed by atoms with Crippen molar-refractivity contribution in [2.24, 2.45) is 10.2 Å². The first-order valence-corrected chi connectivity index (χ1v) is 7.05. The van der Waals surface area contributed by atoms with E-state index in [0.717, 1.165) is 0 Å². The molecule has 0 spiro atoms. The summed E-state index contributed by atoms with van der Waals surface area (Å²) in [5.74, 6) is 2.22. The Bertz CT molecular complexity index is 785. The van der Waals surface area contributed by atoms with E-state index in [4.69, 9.17) is 18.0 Å². The first kappa shape index (κ1) is 14.4. The van der Waals surface area contributed by atoms with Crippen LogP contribution in [-0.4, -0.2) is 37.9 Å². The summed E-state index contributed by atoms with van der Waals surface area (Å²) in [5, 5.41) is 18.9. The molecule has 112 valence electrons. The van der Waals surface area contributed by atoms with Crippen molar-refractivity contribution in [1.29, 1.82) is 0 Å². The second kappa shape index (κ2) is 5.69. The third-order valence-corrected chi connectivity index (χ3v) is 3.44. The number of halogens is 1. The number of hydrogen-bond donors (Lipinski definition) is 1. The molecule has 3 rings (SSSR count). The molecule has 3 heterocycles. The lowest BCUT2D eigenvalue weighted by atomic mass is 10.0. The predicted octanol–water partition coefficient (Wildman–Crippen LogP) is 1.47. The molecule has 0 fully saturated rings. The third-order valence-electron chi connectivity index (χ3n) is 3.24. The Morgan fingerprint density at radius 3 is 2.91 bits per heavy atom. The highest BCUT2D eigenvalue weighted by Gasteiger charge is 2.38. The Kier molecular flexibility index (Phi) is 3.73. The van der Waals surface area contributed by atoms with E-state index in [0.29, 0.717) is 31.5 Å². The molecule has 1 N–H and O–H groups in total. The summed E-state index contributed by atoms with van der Waals surface area (Å²) in [6.07, 6.45) is 7.15. The van der Waals surface area contributed by atoms with Crippen molar-refractivity contribution >= 4 is 23.2 Å². The molecule has 1 amide bonds. The van der Waals surface area contributed by atoms with Gasteiger partial charge >= 0.3 is 0 Å². The van der Waals surface area contributed by atoms with Gasteiger partial charge in [0, 0.05) is 25.8 Å². The van der Waals surface area contributed by atoms with Crippen LogP contribution in [0.2, 0.25) is 5.15 Å². The van der Waals surface area contributed by atoms with Crippen LogP contribution in [0.4, 0.5) is 0 Å². The fourth-order valence-corrected chi connectivity index (χ4v) is 2.12. The van der Waals surface area contributed by atoms with Crippen LogP contribution in [0.15, 0.2) is 22.4 Å². The average Bonchev–Trinajstić information content (AvgIpc) is 3.14. The van der Waals surface area contributed by atoms with Gasteiger partial charge in [0.15, 0.2) is 16.5 Å². The van der Waals surface area contributed by atoms with Crippen molar-refractivity contribution in [3.8, 4) is 12.3 Å². The monoisotopic (exact) mass is 317 g/mol. The van der Waals surface area contributed by atoms with Crippen LogP contribution >= 0.6 is 11.6 Å². The number of carbonyl (C=O) groups excluding carboxylic acids is 1. The number of fused-ring (bicyclic) bond motifs is 1. The lowest BCUT2D eigenvalue weighted by Gasteiger charge is -2.08. The van der Waals surface area contributed by atoms with Crippen molar-refractivity contribution in [2.75, 3.05) is 6.54 Å². The maximum atomic E-state index is 12.0. The molecule has 1 aliphatic rings. The smallest absolute Gasteiger partial charge is 0.291 e. The third kappa shape index (κ3) is 3.04. The van der Waals surface area contributed by atoms with Crippen LogP contribution in [0, 0.1) is 12.3 Å². The molecule has 0 radical (unpaired) electrons. The number of terminal acetylenes is 1. The maximum absolute atomic E-state index is 12.0. The first-order valence-electron chi connectivity index (χ1n) is 6.67. The van der Waals surface area contributed by atoms with E-state index < -0.39 is 5.66 Å². The predicted molar refractivity (Wildman–Crippen MR) is 78.4 cm³/mol. The number of aromatic nitrogens is 4.